The Bertz CT molecular complexity index is 120. The summed E-state index contributed by atoms with van der Waals surface area (Å²) in [6.07, 6.45) is 1.52. The van der Waals surface area contributed by atoms with Crippen LogP contribution in [0.3, 0.4) is 0 Å². The van der Waals surface area contributed by atoms with Crippen molar-refractivity contribution >= 4 is 28.6 Å². The summed E-state index contributed by atoms with van der Waals surface area (Å²) in [5.41, 5.74) is 0.312. The van der Waals surface area contributed by atoms with Crippen LogP contribution in [-0.4, -0.2) is 15.5 Å². The standard InChI is InChI=1S/C6H9IO2/c1-5(6(8)9)3-2-4-7/h1-4H2,(H,8,9). The third kappa shape index (κ3) is 4.44. The molecule has 1 N–H and O–H groups in total. The van der Waals surface area contributed by atoms with Gasteiger partial charge in [-0.1, -0.05) is 29.2 Å². The third-order valence-corrected chi connectivity index (χ3v) is 1.68. The van der Waals surface area contributed by atoms with Gasteiger partial charge in [0.25, 0.3) is 0 Å². The van der Waals surface area contributed by atoms with Gasteiger partial charge in [-0.25, -0.2) is 4.79 Å². The molecule has 0 rings (SSSR count). The van der Waals surface area contributed by atoms with Gasteiger partial charge in [0.2, 0.25) is 0 Å². The van der Waals surface area contributed by atoms with Gasteiger partial charge in [-0.2, -0.15) is 0 Å². The summed E-state index contributed by atoms with van der Waals surface area (Å²) in [5, 5.41) is 8.31. The number of hydrogen-bond acceptors (Lipinski definition) is 1. The number of carbonyl (C=O) groups is 1. The van der Waals surface area contributed by atoms with Crippen molar-refractivity contribution in [3.63, 3.8) is 0 Å². The lowest BCUT2D eigenvalue weighted by molar-refractivity contribution is -0.132. The molecule has 0 saturated carbocycles. The molecule has 0 aromatic heterocycles. The first-order valence-corrected chi connectivity index (χ1v) is 4.18. The predicted molar refractivity (Wildman–Crippen MR) is 44.9 cm³/mol. The molecular formula is C6H9IO2. The number of rotatable bonds is 4. The lowest BCUT2D eigenvalue weighted by Gasteiger charge is -1.94. The maximum absolute atomic E-state index is 10.1. The fourth-order valence-electron chi connectivity index (χ4n) is 0.387. The topological polar surface area (TPSA) is 37.3 Å². The first-order chi connectivity index (χ1) is 4.18. The quantitative estimate of drug-likeness (QED) is 0.462. The van der Waals surface area contributed by atoms with Gasteiger partial charge in [0.15, 0.2) is 0 Å². The SMILES string of the molecule is C=C(CCCI)C(=O)O. The molecule has 0 bridgehead atoms. The van der Waals surface area contributed by atoms with E-state index in [9.17, 15) is 4.79 Å². The van der Waals surface area contributed by atoms with E-state index in [1.54, 1.807) is 0 Å². The zero-order valence-electron chi connectivity index (χ0n) is 5.06. The molecule has 3 heteroatoms. The summed E-state index contributed by atoms with van der Waals surface area (Å²) >= 11 is 2.21. The van der Waals surface area contributed by atoms with Crippen molar-refractivity contribution < 1.29 is 9.90 Å². The van der Waals surface area contributed by atoms with Crippen LogP contribution in [0.1, 0.15) is 12.8 Å². The largest absolute Gasteiger partial charge is 0.478 e. The summed E-state index contributed by atoms with van der Waals surface area (Å²) in [6.45, 7) is 3.39. The van der Waals surface area contributed by atoms with Gasteiger partial charge in [-0.15, -0.1) is 0 Å². The molecule has 0 atom stereocenters. The van der Waals surface area contributed by atoms with Crippen LogP contribution in [0.5, 0.6) is 0 Å². The number of carboxylic acids is 1. The average Bonchev–Trinajstić information content (AvgIpc) is 1.82. The smallest absolute Gasteiger partial charge is 0.330 e. The highest BCUT2D eigenvalue weighted by molar-refractivity contribution is 14.1. The molecule has 2 nitrogen and oxygen atoms in total. The number of aliphatic carboxylic acids is 1. The lowest BCUT2D eigenvalue weighted by atomic mass is 10.2. The van der Waals surface area contributed by atoms with Gasteiger partial charge in [0, 0.05) is 5.57 Å². The minimum absolute atomic E-state index is 0.312. The van der Waals surface area contributed by atoms with E-state index < -0.39 is 5.97 Å². The third-order valence-electron chi connectivity index (χ3n) is 0.915. The summed E-state index contributed by atoms with van der Waals surface area (Å²) in [5.74, 6) is -0.875. The molecule has 0 fully saturated rings. The second-order valence-electron chi connectivity index (χ2n) is 1.70. The zero-order chi connectivity index (χ0) is 7.28. The summed E-state index contributed by atoms with van der Waals surface area (Å²) < 4.78 is 0.990. The second kappa shape index (κ2) is 4.78. The van der Waals surface area contributed by atoms with Gasteiger partial charge in [-0.05, 0) is 17.3 Å². The van der Waals surface area contributed by atoms with Crippen molar-refractivity contribution in [2.45, 2.75) is 12.8 Å². The van der Waals surface area contributed by atoms with E-state index in [0.717, 1.165) is 10.8 Å². The number of halogens is 1. The van der Waals surface area contributed by atoms with E-state index >= 15 is 0 Å². The van der Waals surface area contributed by atoms with E-state index in [1.807, 2.05) is 0 Å². The molecule has 52 valence electrons. The summed E-state index contributed by atoms with van der Waals surface area (Å²) in [7, 11) is 0. The first-order valence-electron chi connectivity index (χ1n) is 2.65. The van der Waals surface area contributed by atoms with Crippen molar-refractivity contribution in [2.75, 3.05) is 4.43 Å². The monoisotopic (exact) mass is 240 g/mol. The highest BCUT2D eigenvalue weighted by Crippen LogP contribution is 2.03. The Labute approximate surface area is 68.1 Å². The Morgan fingerprint density at radius 1 is 1.67 bits per heavy atom. The molecular weight excluding hydrogens is 231 g/mol. The number of hydrogen-bond donors (Lipinski definition) is 1. The van der Waals surface area contributed by atoms with Crippen molar-refractivity contribution in [2.24, 2.45) is 0 Å². The Morgan fingerprint density at radius 2 is 2.22 bits per heavy atom. The first kappa shape index (κ1) is 8.94. The predicted octanol–water partition coefficient (Wildman–Crippen LogP) is 1.84. The fourth-order valence-corrected chi connectivity index (χ4v) is 0.769. The van der Waals surface area contributed by atoms with Gasteiger partial charge < -0.3 is 5.11 Å². The van der Waals surface area contributed by atoms with Crippen LogP contribution in [0.25, 0.3) is 0 Å². The van der Waals surface area contributed by atoms with E-state index in [2.05, 4.69) is 29.2 Å². The Hall–Kier alpha value is -0.0600. The van der Waals surface area contributed by atoms with Crippen molar-refractivity contribution in [1.29, 1.82) is 0 Å². The highest BCUT2D eigenvalue weighted by atomic mass is 127. The Morgan fingerprint density at radius 3 is 2.56 bits per heavy atom. The van der Waals surface area contributed by atoms with E-state index in [0.29, 0.717) is 12.0 Å². The minimum atomic E-state index is -0.875. The maximum atomic E-state index is 10.1. The lowest BCUT2D eigenvalue weighted by Crippen LogP contribution is -1.98. The molecule has 0 heterocycles. The summed E-state index contributed by atoms with van der Waals surface area (Å²) in [6, 6.07) is 0. The second-order valence-corrected chi connectivity index (χ2v) is 2.78. The molecule has 9 heavy (non-hydrogen) atoms. The van der Waals surface area contributed by atoms with E-state index in [4.69, 9.17) is 5.11 Å². The normalized spacial score (nSPS) is 9.00. The minimum Gasteiger partial charge on any atom is -0.478 e. The number of alkyl halides is 1. The van der Waals surface area contributed by atoms with Gasteiger partial charge >= 0.3 is 5.97 Å². The molecule has 0 unspecified atom stereocenters. The Kier molecular flexibility index (Phi) is 4.75. The molecule has 0 aromatic carbocycles. The number of carboxylic acid groups (broad SMARTS) is 1. The van der Waals surface area contributed by atoms with Gasteiger partial charge in [-0.3, -0.25) is 0 Å². The molecule has 0 spiro atoms. The van der Waals surface area contributed by atoms with Crippen LogP contribution in [0.15, 0.2) is 12.2 Å². The Balaban J connectivity index is 3.39. The van der Waals surface area contributed by atoms with Gasteiger partial charge in [0.1, 0.15) is 0 Å². The van der Waals surface area contributed by atoms with Crippen molar-refractivity contribution in [3.8, 4) is 0 Å². The van der Waals surface area contributed by atoms with Gasteiger partial charge in [0.05, 0.1) is 0 Å². The molecule has 0 aliphatic carbocycles. The molecule has 0 aliphatic rings. The fraction of sp³-hybridized carbons (Fsp3) is 0.500. The molecule has 0 aromatic rings. The van der Waals surface area contributed by atoms with Crippen LogP contribution >= 0.6 is 22.6 Å². The average molecular weight is 240 g/mol. The molecule has 0 saturated heterocycles. The van der Waals surface area contributed by atoms with E-state index in [1.165, 1.54) is 0 Å². The van der Waals surface area contributed by atoms with Crippen LogP contribution in [0.4, 0.5) is 0 Å². The maximum Gasteiger partial charge on any atom is 0.330 e. The molecule has 0 radical (unpaired) electrons. The van der Waals surface area contributed by atoms with Crippen LogP contribution < -0.4 is 0 Å². The van der Waals surface area contributed by atoms with Crippen LogP contribution in [0.2, 0.25) is 0 Å². The molecule has 0 aliphatic heterocycles. The highest BCUT2D eigenvalue weighted by Gasteiger charge is 2.00. The van der Waals surface area contributed by atoms with Crippen molar-refractivity contribution in [1.82, 2.24) is 0 Å². The van der Waals surface area contributed by atoms with Crippen LogP contribution in [0, 0.1) is 0 Å². The molecule has 0 amide bonds. The van der Waals surface area contributed by atoms with E-state index in [-0.39, 0.29) is 0 Å². The van der Waals surface area contributed by atoms with Crippen LogP contribution in [-0.2, 0) is 4.79 Å². The van der Waals surface area contributed by atoms with Crippen molar-refractivity contribution in [3.05, 3.63) is 12.2 Å². The summed E-state index contributed by atoms with van der Waals surface area (Å²) in [4.78, 5) is 10.1. The zero-order valence-corrected chi connectivity index (χ0v) is 7.22.